The van der Waals surface area contributed by atoms with Gasteiger partial charge in [0.25, 0.3) is 0 Å². The van der Waals surface area contributed by atoms with E-state index >= 15 is 0 Å². The Morgan fingerprint density at radius 3 is 1.29 bits per heavy atom. The highest BCUT2D eigenvalue weighted by atomic mass is 33.1. The molecule has 0 amide bonds. The van der Waals surface area contributed by atoms with Crippen LogP contribution in [0.5, 0.6) is 0 Å². The SMILES string of the molecule is O=[P+](O)O.P.SS. The highest BCUT2D eigenvalue weighted by Crippen LogP contribution is 1.98. The minimum absolute atomic E-state index is 0. The Morgan fingerprint density at radius 1 is 1.29 bits per heavy atom. The number of hydrogen-bond donors (Lipinski definition) is 4. The number of rotatable bonds is 0. The third kappa shape index (κ3) is 143. The summed E-state index contributed by atoms with van der Waals surface area (Å²) in [5, 5.41) is 0. The van der Waals surface area contributed by atoms with Crippen molar-refractivity contribution in [1.82, 2.24) is 0 Å². The van der Waals surface area contributed by atoms with Crippen molar-refractivity contribution >= 4 is 41.5 Å². The average molecular weight is 181 g/mol. The molecule has 0 saturated carbocycles. The van der Waals surface area contributed by atoms with Crippen molar-refractivity contribution < 1.29 is 14.4 Å². The van der Waals surface area contributed by atoms with Crippen LogP contribution in [0.15, 0.2) is 0 Å². The van der Waals surface area contributed by atoms with Crippen molar-refractivity contribution in [2.45, 2.75) is 0 Å². The van der Waals surface area contributed by atoms with Gasteiger partial charge >= 0.3 is 8.25 Å². The van der Waals surface area contributed by atoms with Gasteiger partial charge in [0.15, 0.2) is 0 Å². The molecule has 0 aliphatic rings. The van der Waals surface area contributed by atoms with Crippen molar-refractivity contribution in [3.8, 4) is 0 Å². The zero-order valence-electron chi connectivity index (χ0n) is 3.35. The Balaban J connectivity index is -0.0000000480. The van der Waals surface area contributed by atoms with Crippen LogP contribution in [-0.4, -0.2) is 9.79 Å². The summed E-state index contributed by atoms with van der Waals surface area (Å²) in [5.74, 6) is 0. The second-order valence-corrected chi connectivity index (χ2v) is 0.758. The topological polar surface area (TPSA) is 57.5 Å². The van der Waals surface area contributed by atoms with Crippen LogP contribution in [0.1, 0.15) is 0 Å². The van der Waals surface area contributed by atoms with Crippen LogP contribution in [-0.2, 0) is 4.57 Å². The summed E-state index contributed by atoms with van der Waals surface area (Å²) in [5.41, 5.74) is 0. The lowest BCUT2D eigenvalue weighted by Crippen LogP contribution is -1.38. The van der Waals surface area contributed by atoms with Crippen molar-refractivity contribution in [2.75, 3.05) is 0 Å². The Bertz CT molecular complexity index is 33.9. The molecule has 46 valence electrons. The van der Waals surface area contributed by atoms with E-state index in [0.717, 1.165) is 0 Å². The highest BCUT2D eigenvalue weighted by Gasteiger charge is 1.93. The molecule has 0 heterocycles. The van der Waals surface area contributed by atoms with Crippen molar-refractivity contribution in [1.29, 1.82) is 0 Å². The summed E-state index contributed by atoms with van der Waals surface area (Å²) in [6.07, 6.45) is 0. The first-order chi connectivity index (χ1) is 2.73. The van der Waals surface area contributed by atoms with Gasteiger partial charge < -0.3 is 0 Å². The van der Waals surface area contributed by atoms with E-state index < -0.39 is 8.25 Å². The molecular formula is H7O3P2S2+. The lowest BCUT2D eigenvalue weighted by molar-refractivity contribution is 0.405. The van der Waals surface area contributed by atoms with E-state index in [4.69, 9.17) is 14.4 Å². The van der Waals surface area contributed by atoms with Gasteiger partial charge in [-0.3, -0.25) is 0 Å². The van der Waals surface area contributed by atoms with Gasteiger partial charge in [0, 0.05) is 4.57 Å². The first kappa shape index (κ1) is 15.7. The van der Waals surface area contributed by atoms with E-state index in [1.807, 2.05) is 0 Å². The molecule has 0 aromatic rings. The molecule has 7 heteroatoms. The summed E-state index contributed by atoms with van der Waals surface area (Å²) in [6, 6.07) is 0. The summed E-state index contributed by atoms with van der Waals surface area (Å²) in [6.45, 7) is 0. The van der Waals surface area contributed by atoms with Gasteiger partial charge in [0.05, 0.1) is 0 Å². The lowest BCUT2D eigenvalue weighted by Gasteiger charge is -1.34. The Morgan fingerprint density at radius 2 is 1.29 bits per heavy atom. The van der Waals surface area contributed by atoms with E-state index in [0.29, 0.717) is 0 Å². The van der Waals surface area contributed by atoms with E-state index in [1.54, 1.807) is 0 Å². The maximum Gasteiger partial charge on any atom is 0.692 e. The summed E-state index contributed by atoms with van der Waals surface area (Å²) >= 11 is 6.44. The molecule has 0 saturated heterocycles. The van der Waals surface area contributed by atoms with Crippen molar-refractivity contribution in [3.05, 3.63) is 0 Å². The second kappa shape index (κ2) is 15.7. The molecule has 1 unspecified atom stereocenters. The van der Waals surface area contributed by atoms with E-state index in [2.05, 4.69) is 23.3 Å². The highest BCUT2D eigenvalue weighted by molar-refractivity contribution is 8.59. The maximum atomic E-state index is 8.70. The maximum absolute atomic E-state index is 8.70. The fourth-order valence-electron chi connectivity index (χ4n) is 0. The van der Waals surface area contributed by atoms with Gasteiger partial charge in [0.1, 0.15) is 0 Å². The Kier molecular flexibility index (Phi) is 35.2. The Hall–Kier alpha value is 1.15. The van der Waals surface area contributed by atoms with Gasteiger partial charge in [-0.15, -0.1) is 33.1 Å². The smallest absolute Gasteiger partial charge is 0.153 e. The molecule has 0 aliphatic carbocycles. The summed E-state index contributed by atoms with van der Waals surface area (Å²) in [7, 11) is -2.87. The van der Waals surface area contributed by atoms with Crippen LogP contribution in [0, 0.1) is 0 Å². The fraction of sp³-hybridized carbons (Fsp3) is 0. The largest absolute Gasteiger partial charge is 0.692 e. The molecule has 0 spiro atoms. The fourth-order valence-corrected chi connectivity index (χ4v) is 0. The van der Waals surface area contributed by atoms with Crippen LogP contribution in [0.25, 0.3) is 0 Å². The molecule has 0 aromatic heterocycles. The predicted molar refractivity (Wildman–Crippen MR) is 41.1 cm³/mol. The molecule has 3 nitrogen and oxygen atoms in total. The van der Waals surface area contributed by atoms with Crippen molar-refractivity contribution in [2.24, 2.45) is 0 Å². The van der Waals surface area contributed by atoms with Crippen LogP contribution >= 0.6 is 41.5 Å². The van der Waals surface area contributed by atoms with Crippen molar-refractivity contribution in [3.63, 3.8) is 0 Å². The summed E-state index contributed by atoms with van der Waals surface area (Å²) in [4.78, 5) is 14.2. The van der Waals surface area contributed by atoms with E-state index in [1.165, 1.54) is 0 Å². The van der Waals surface area contributed by atoms with Crippen LogP contribution in [0.4, 0.5) is 0 Å². The van der Waals surface area contributed by atoms with Crippen LogP contribution in [0.3, 0.4) is 0 Å². The first-order valence-corrected chi connectivity index (χ1v) is 3.55. The van der Waals surface area contributed by atoms with Crippen LogP contribution < -0.4 is 0 Å². The quantitative estimate of drug-likeness (QED) is 0.249. The minimum atomic E-state index is -2.87. The zero-order chi connectivity index (χ0) is 5.58. The number of hydrogen-bond acceptors (Lipinski definition) is 3. The monoisotopic (exact) mass is 181 g/mol. The third-order valence-electron chi connectivity index (χ3n) is 0. The molecule has 0 radical (unpaired) electrons. The molecule has 7 heavy (non-hydrogen) atoms. The molecule has 0 aliphatic heterocycles. The molecule has 0 fully saturated rings. The van der Waals surface area contributed by atoms with Gasteiger partial charge in [-0.1, -0.05) is 0 Å². The zero-order valence-corrected chi connectivity index (χ0v) is 7.45. The molecule has 2 N–H and O–H groups in total. The normalized spacial score (nSPS) is 4.57. The second-order valence-electron chi connectivity index (χ2n) is 0.253. The Labute approximate surface area is 56.3 Å². The third-order valence-corrected chi connectivity index (χ3v) is 0. The van der Waals surface area contributed by atoms with Gasteiger partial charge in [-0.2, -0.15) is 9.90 Å². The molecular weight excluding hydrogens is 174 g/mol. The predicted octanol–water partition coefficient (Wildman–Crippen LogP) is 0.447. The van der Waals surface area contributed by atoms with E-state index in [-0.39, 0.29) is 9.90 Å². The standard InChI is InChI=1S/HO3P.H3P.H2S2/c1-4(2)3;;1-2/h(H-,1,2,3);1H3;1-2H/p+1. The molecule has 0 aromatic carbocycles. The molecule has 0 rings (SSSR count). The van der Waals surface area contributed by atoms with Gasteiger partial charge in [-0.25, -0.2) is 0 Å². The van der Waals surface area contributed by atoms with Crippen LogP contribution in [0.2, 0.25) is 0 Å². The van der Waals surface area contributed by atoms with Gasteiger partial charge in [-0.05, 0) is 0 Å². The number of thiol groups is 2. The molecule has 0 bridgehead atoms. The minimum Gasteiger partial charge on any atom is -0.153 e. The average Bonchev–Trinajstić information content (AvgIpc) is 1.41. The first-order valence-electron chi connectivity index (χ1n) is 0.783. The molecule has 1 atom stereocenters. The summed E-state index contributed by atoms with van der Waals surface area (Å²) < 4.78 is 8.70. The van der Waals surface area contributed by atoms with Gasteiger partial charge in [0.2, 0.25) is 0 Å². The lowest BCUT2D eigenvalue weighted by atomic mass is 15.8. The van der Waals surface area contributed by atoms with E-state index in [9.17, 15) is 0 Å².